The van der Waals surface area contributed by atoms with Crippen LogP contribution in [0.2, 0.25) is 0 Å². The number of carbonyl (C=O) groups excluding carboxylic acids is 2. The number of carbonyl (C=O) groups is 2. The summed E-state index contributed by atoms with van der Waals surface area (Å²) < 4.78 is 10.1. The SMILES string of the molecule is CCOC(=O)c1nc(C(=O)NC2CCCOC2)cs1. The van der Waals surface area contributed by atoms with E-state index in [1.807, 2.05) is 0 Å². The molecule has 1 amide bonds. The van der Waals surface area contributed by atoms with E-state index < -0.39 is 5.97 Å². The Balaban J connectivity index is 1.93. The number of aromatic nitrogens is 1. The minimum absolute atomic E-state index is 0.0222. The number of ether oxygens (including phenoxy) is 2. The quantitative estimate of drug-likeness (QED) is 0.841. The van der Waals surface area contributed by atoms with Gasteiger partial charge in [-0.05, 0) is 19.8 Å². The monoisotopic (exact) mass is 284 g/mol. The van der Waals surface area contributed by atoms with Gasteiger partial charge in [0.1, 0.15) is 5.69 Å². The number of amides is 1. The third-order valence-corrected chi connectivity index (χ3v) is 3.50. The average molecular weight is 284 g/mol. The summed E-state index contributed by atoms with van der Waals surface area (Å²) >= 11 is 1.11. The van der Waals surface area contributed by atoms with Crippen LogP contribution in [0.1, 0.15) is 40.1 Å². The lowest BCUT2D eigenvalue weighted by Gasteiger charge is -2.22. The fourth-order valence-electron chi connectivity index (χ4n) is 1.78. The topological polar surface area (TPSA) is 77.5 Å². The lowest BCUT2D eigenvalue weighted by Crippen LogP contribution is -2.40. The van der Waals surface area contributed by atoms with Crippen molar-refractivity contribution in [1.82, 2.24) is 10.3 Å². The highest BCUT2D eigenvalue weighted by atomic mass is 32.1. The molecule has 1 aromatic heterocycles. The van der Waals surface area contributed by atoms with E-state index in [4.69, 9.17) is 9.47 Å². The minimum atomic E-state index is -0.493. The van der Waals surface area contributed by atoms with E-state index >= 15 is 0 Å². The zero-order chi connectivity index (χ0) is 13.7. The maximum Gasteiger partial charge on any atom is 0.367 e. The van der Waals surface area contributed by atoms with Crippen LogP contribution in [0.5, 0.6) is 0 Å². The number of nitrogens with one attached hydrogen (secondary N) is 1. The Morgan fingerprint density at radius 3 is 3.16 bits per heavy atom. The summed E-state index contributed by atoms with van der Waals surface area (Å²) in [5.41, 5.74) is 0.249. The van der Waals surface area contributed by atoms with Crippen molar-refractivity contribution >= 4 is 23.2 Å². The molecule has 0 bridgehead atoms. The number of rotatable bonds is 4. The molecule has 0 spiro atoms. The Bertz CT molecular complexity index is 454. The highest BCUT2D eigenvalue weighted by Crippen LogP contribution is 2.12. The van der Waals surface area contributed by atoms with Gasteiger partial charge in [-0.15, -0.1) is 11.3 Å². The van der Waals surface area contributed by atoms with Gasteiger partial charge in [-0.2, -0.15) is 0 Å². The highest BCUT2D eigenvalue weighted by molar-refractivity contribution is 7.11. The largest absolute Gasteiger partial charge is 0.461 e. The Hall–Kier alpha value is -1.47. The first-order valence-corrected chi connectivity index (χ1v) is 7.10. The molecular weight excluding hydrogens is 268 g/mol. The van der Waals surface area contributed by atoms with Gasteiger partial charge in [0, 0.05) is 12.0 Å². The van der Waals surface area contributed by atoms with Gasteiger partial charge in [-0.1, -0.05) is 0 Å². The summed E-state index contributed by atoms with van der Waals surface area (Å²) in [5, 5.41) is 4.61. The van der Waals surface area contributed by atoms with E-state index in [-0.39, 0.29) is 22.7 Å². The van der Waals surface area contributed by atoms with Gasteiger partial charge in [0.05, 0.1) is 19.3 Å². The molecule has 1 aliphatic heterocycles. The van der Waals surface area contributed by atoms with Crippen molar-refractivity contribution in [2.24, 2.45) is 0 Å². The molecule has 104 valence electrons. The van der Waals surface area contributed by atoms with Crippen LogP contribution < -0.4 is 5.32 Å². The maximum atomic E-state index is 11.9. The molecule has 1 N–H and O–H groups in total. The zero-order valence-electron chi connectivity index (χ0n) is 10.7. The standard InChI is InChI=1S/C12H16N2O4S/c1-2-18-12(16)11-14-9(7-19-11)10(15)13-8-4-3-5-17-6-8/h7-8H,2-6H2,1H3,(H,13,15). The summed E-state index contributed by atoms with van der Waals surface area (Å²) in [6.45, 7) is 3.29. The first-order valence-electron chi connectivity index (χ1n) is 6.22. The average Bonchev–Trinajstić information content (AvgIpc) is 2.90. The molecule has 19 heavy (non-hydrogen) atoms. The number of thiazole rings is 1. The second kappa shape index (κ2) is 6.63. The molecule has 1 saturated heterocycles. The lowest BCUT2D eigenvalue weighted by molar-refractivity contribution is 0.0525. The Labute approximate surface area is 115 Å². The van der Waals surface area contributed by atoms with Gasteiger partial charge in [0.2, 0.25) is 5.01 Å². The molecule has 1 atom stereocenters. The smallest absolute Gasteiger partial charge is 0.367 e. The fourth-order valence-corrected chi connectivity index (χ4v) is 2.47. The van der Waals surface area contributed by atoms with Gasteiger partial charge in [0.25, 0.3) is 5.91 Å². The Morgan fingerprint density at radius 1 is 1.63 bits per heavy atom. The van der Waals surface area contributed by atoms with Crippen LogP contribution in [0.4, 0.5) is 0 Å². The van der Waals surface area contributed by atoms with Crippen molar-refractivity contribution in [2.45, 2.75) is 25.8 Å². The molecule has 0 aliphatic carbocycles. The molecule has 1 unspecified atom stereocenters. The van der Waals surface area contributed by atoms with Crippen molar-refractivity contribution in [3.8, 4) is 0 Å². The third kappa shape index (κ3) is 3.74. The normalized spacial score (nSPS) is 18.9. The lowest BCUT2D eigenvalue weighted by atomic mass is 10.1. The van der Waals surface area contributed by atoms with Crippen LogP contribution in [0.15, 0.2) is 5.38 Å². The van der Waals surface area contributed by atoms with Gasteiger partial charge in [-0.25, -0.2) is 9.78 Å². The second-order valence-electron chi connectivity index (χ2n) is 4.15. The van der Waals surface area contributed by atoms with Gasteiger partial charge in [0.15, 0.2) is 0 Å². The highest BCUT2D eigenvalue weighted by Gasteiger charge is 2.20. The number of nitrogens with zero attached hydrogens (tertiary/aromatic N) is 1. The maximum absolute atomic E-state index is 11.9. The van der Waals surface area contributed by atoms with Crippen LogP contribution in [0.25, 0.3) is 0 Å². The van der Waals surface area contributed by atoms with E-state index in [0.29, 0.717) is 13.2 Å². The molecule has 0 radical (unpaired) electrons. The number of hydrogen-bond acceptors (Lipinski definition) is 6. The summed E-state index contributed by atoms with van der Waals surface area (Å²) in [6.07, 6.45) is 1.84. The van der Waals surface area contributed by atoms with Crippen molar-refractivity contribution in [2.75, 3.05) is 19.8 Å². The van der Waals surface area contributed by atoms with Crippen LogP contribution in [-0.4, -0.2) is 42.7 Å². The van der Waals surface area contributed by atoms with Gasteiger partial charge in [-0.3, -0.25) is 4.79 Å². The van der Waals surface area contributed by atoms with E-state index in [9.17, 15) is 9.59 Å². The predicted molar refractivity (Wildman–Crippen MR) is 69.4 cm³/mol. The van der Waals surface area contributed by atoms with Gasteiger partial charge < -0.3 is 14.8 Å². The summed E-state index contributed by atoms with van der Waals surface area (Å²) in [7, 11) is 0. The van der Waals surface area contributed by atoms with Gasteiger partial charge >= 0.3 is 5.97 Å². The molecule has 2 heterocycles. The zero-order valence-corrected chi connectivity index (χ0v) is 11.5. The molecule has 7 heteroatoms. The van der Waals surface area contributed by atoms with Crippen LogP contribution in [-0.2, 0) is 9.47 Å². The van der Waals surface area contributed by atoms with Crippen molar-refractivity contribution < 1.29 is 19.1 Å². The van der Waals surface area contributed by atoms with Crippen LogP contribution in [0, 0.1) is 0 Å². The van der Waals surface area contributed by atoms with E-state index in [1.165, 1.54) is 0 Å². The van der Waals surface area contributed by atoms with E-state index in [0.717, 1.165) is 30.8 Å². The molecule has 1 aromatic rings. The third-order valence-electron chi connectivity index (χ3n) is 2.68. The molecule has 1 aliphatic rings. The van der Waals surface area contributed by atoms with Crippen LogP contribution >= 0.6 is 11.3 Å². The molecule has 6 nitrogen and oxygen atoms in total. The Kier molecular flexibility index (Phi) is 4.86. The van der Waals surface area contributed by atoms with E-state index in [1.54, 1.807) is 12.3 Å². The van der Waals surface area contributed by atoms with Crippen LogP contribution in [0.3, 0.4) is 0 Å². The number of esters is 1. The van der Waals surface area contributed by atoms with E-state index in [2.05, 4.69) is 10.3 Å². The molecule has 0 aromatic carbocycles. The molecular formula is C12H16N2O4S. The summed E-state index contributed by atoms with van der Waals surface area (Å²) in [6, 6.07) is 0.0222. The minimum Gasteiger partial charge on any atom is -0.461 e. The second-order valence-corrected chi connectivity index (χ2v) is 5.00. The predicted octanol–water partition coefficient (Wildman–Crippen LogP) is 1.23. The fraction of sp³-hybridized carbons (Fsp3) is 0.583. The van der Waals surface area contributed by atoms with Crippen molar-refractivity contribution in [1.29, 1.82) is 0 Å². The molecule has 0 saturated carbocycles. The summed E-state index contributed by atoms with van der Waals surface area (Å²) in [4.78, 5) is 27.4. The molecule has 1 fully saturated rings. The van der Waals surface area contributed by atoms with Crippen molar-refractivity contribution in [3.05, 3.63) is 16.1 Å². The number of hydrogen-bond donors (Lipinski definition) is 1. The van der Waals surface area contributed by atoms with Crippen molar-refractivity contribution in [3.63, 3.8) is 0 Å². The first-order chi connectivity index (χ1) is 9.20. The molecule has 2 rings (SSSR count). The Morgan fingerprint density at radius 2 is 2.47 bits per heavy atom. The first kappa shape index (κ1) is 14.0. The summed E-state index contributed by atoms with van der Waals surface area (Å²) in [5.74, 6) is -0.769.